The molecule has 3 atom stereocenters. The first-order valence-corrected chi connectivity index (χ1v) is 8.10. The van der Waals surface area contributed by atoms with Gasteiger partial charge in [-0.05, 0) is 45.0 Å². The van der Waals surface area contributed by atoms with E-state index in [0.717, 1.165) is 0 Å². The molecule has 1 fully saturated rings. The van der Waals surface area contributed by atoms with Crippen molar-refractivity contribution in [3.63, 3.8) is 0 Å². The Kier molecular flexibility index (Phi) is 4.45. The molecular formula is C17H20F2N4O2. The molecule has 2 heterocycles. The Morgan fingerprint density at radius 1 is 1.40 bits per heavy atom. The monoisotopic (exact) mass is 350 g/mol. The van der Waals surface area contributed by atoms with Gasteiger partial charge in [-0.3, -0.25) is 4.79 Å². The van der Waals surface area contributed by atoms with E-state index in [-0.39, 0.29) is 36.2 Å². The zero-order valence-electron chi connectivity index (χ0n) is 14.3. The Hall–Kier alpha value is -2.51. The number of aromatic nitrogens is 2. The van der Waals surface area contributed by atoms with Crippen LogP contribution in [-0.2, 0) is 4.79 Å². The molecule has 1 saturated heterocycles. The molecule has 1 aromatic heterocycles. The number of halogens is 2. The molecule has 0 aliphatic carbocycles. The lowest BCUT2D eigenvalue weighted by Gasteiger charge is -2.25. The van der Waals surface area contributed by atoms with Crippen LogP contribution in [-0.4, -0.2) is 45.3 Å². The molecule has 0 saturated carbocycles. The summed E-state index contributed by atoms with van der Waals surface area (Å²) in [6, 6.07) is 4.91. The number of alkyl halides is 1. The third-order valence-corrected chi connectivity index (χ3v) is 4.26. The SMILES string of the molecule is C[C@@H](Nc1nnc(-c2ccc(F)cc2)o1)C(=O)N1C[C@](C)(F)C[C@@H]1C. The Labute approximate surface area is 144 Å². The van der Waals surface area contributed by atoms with Gasteiger partial charge < -0.3 is 14.6 Å². The second kappa shape index (κ2) is 6.42. The molecule has 1 N–H and O–H groups in total. The maximum atomic E-state index is 14.1. The predicted octanol–water partition coefficient (Wildman–Crippen LogP) is 3.03. The van der Waals surface area contributed by atoms with Crippen LogP contribution in [0.1, 0.15) is 27.2 Å². The number of carbonyl (C=O) groups excluding carboxylic acids is 1. The fourth-order valence-corrected chi connectivity index (χ4v) is 3.08. The molecule has 6 nitrogen and oxygen atoms in total. The first-order valence-electron chi connectivity index (χ1n) is 8.10. The Bertz CT molecular complexity index is 760. The van der Waals surface area contributed by atoms with Gasteiger partial charge in [-0.15, -0.1) is 5.10 Å². The van der Waals surface area contributed by atoms with E-state index >= 15 is 0 Å². The van der Waals surface area contributed by atoms with Gasteiger partial charge in [0, 0.05) is 18.0 Å². The molecule has 0 spiro atoms. The van der Waals surface area contributed by atoms with Gasteiger partial charge in [0.2, 0.25) is 11.8 Å². The van der Waals surface area contributed by atoms with Crippen LogP contribution < -0.4 is 5.32 Å². The summed E-state index contributed by atoms with van der Waals surface area (Å²) in [6.45, 7) is 5.06. The summed E-state index contributed by atoms with van der Waals surface area (Å²) in [5.41, 5.74) is -0.794. The minimum Gasteiger partial charge on any atom is -0.403 e. The first-order chi connectivity index (χ1) is 11.7. The average Bonchev–Trinajstić information content (AvgIpc) is 3.11. The zero-order valence-corrected chi connectivity index (χ0v) is 14.3. The van der Waals surface area contributed by atoms with Crippen LogP contribution in [0.3, 0.4) is 0 Å². The molecule has 134 valence electrons. The van der Waals surface area contributed by atoms with Gasteiger partial charge in [-0.2, -0.15) is 0 Å². The number of carbonyl (C=O) groups is 1. The Balaban J connectivity index is 1.66. The maximum Gasteiger partial charge on any atom is 0.316 e. The molecule has 1 amide bonds. The number of hydrogen-bond acceptors (Lipinski definition) is 5. The molecule has 1 aromatic carbocycles. The molecule has 8 heteroatoms. The minimum absolute atomic E-state index is 0.0731. The summed E-state index contributed by atoms with van der Waals surface area (Å²) in [5.74, 6) is -0.371. The Morgan fingerprint density at radius 2 is 2.08 bits per heavy atom. The molecule has 3 rings (SSSR count). The van der Waals surface area contributed by atoms with E-state index in [0.29, 0.717) is 12.0 Å². The van der Waals surface area contributed by atoms with Gasteiger partial charge in [0.1, 0.15) is 17.5 Å². The fraction of sp³-hybridized carbons (Fsp3) is 0.471. The van der Waals surface area contributed by atoms with E-state index in [1.165, 1.54) is 36.1 Å². The molecule has 2 aromatic rings. The van der Waals surface area contributed by atoms with Gasteiger partial charge >= 0.3 is 6.01 Å². The van der Waals surface area contributed by atoms with Gasteiger partial charge in [0.05, 0.1) is 6.54 Å². The predicted molar refractivity (Wildman–Crippen MR) is 88.1 cm³/mol. The molecular weight excluding hydrogens is 330 g/mol. The van der Waals surface area contributed by atoms with Crippen molar-refractivity contribution in [1.29, 1.82) is 0 Å². The number of anilines is 1. The van der Waals surface area contributed by atoms with E-state index in [1.807, 2.05) is 6.92 Å². The fourth-order valence-electron chi connectivity index (χ4n) is 3.08. The van der Waals surface area contributed by atoms with Crippen LogP contribution in [0, 0.1) is 5.82 Å². The summed E-state index contributed by atoms with van der Waals surface area (Å²) in [6.07, 6.45) is 0.320. The third-order valence-electron chi connectivity index (χ3n) is 4.26. The van der Waals surface area contributed by atoms with Crippen LogP contribution in [0.4, 0.5) is 14.8 Å². The lowest BCUT2D eigenvalue weighted by molar-refractivity contribution is -0.132. The highest BCUT2D eigenvalue weighted by Crippen LogP contribution is 2.30. The smallest absolute Gasteiger partial charge is 0.316 e. The van der Waals surface area contributed by atoms with Crippen LogP contribution >= 0.6 is 0 Å². The zero-order chi connectivity index (χ0) is 18.2. The number of nitrogens with one attached hydrogen (secondary N) is 1. The van der Waals surface area contributed by atoms with E-state index < -0.39 is 11.7 Å². The average molecular weight is 350 g/mol. The number of likely N-dealkylation sites (tertiary alicyclic amines) is 1. The molecule has 1 aliphatic rings. The Morgan fingerprint density at radius 3 is 2.68 bits per heavy atom. The van der Waals surface area contributed by atoms with Crippen molar-refractivity contribution in [3.8, 4) is 11.5 Å². The molecule has 25 heavy (non-hydrogen) atoms. The molecule has 0 bridgehead atoms. The van der Waals surface area contributed by atoms with Crippen molar-refractivity contribution in [3.05, 3.63) is 30.1 Å². The summed E-state index contributed by atoms with van der Waals surface area (Å²) in [7, 11) is 0. The van der Waals surface area contributed by atoms with Crippen molar-refractivity contribution in [2.24, 2.45) is 0 Å². The van der Waals surface area contributed by atoms with Crippen LogP contribution in [0.2, 0.25) is 0 Å². The van der Waals surface area contributed by atoms with Crippen molar-refractivity contribution >= 4 is 11.9 Å². The largest absolute Gasteiger partial charge is 0.403 e. The second-order valence-corrected chi connectivity index (χ2v) is 6.72. The van der Waals surface area contributed by atoms with Crippen LogP contribution in [0.25, 0.3) is 11.5 Å². The summed E-state index contributed by atoms with van der Waals surface area (Å²) < 4.78 is 32.5. The van der Waals surface area contributed by atoms with Gasteiger partial charge in [-0.1, -0.05) is 5.10 Å². The second-order valence-electron chi connectivity index (χ2n) is 6.72. The van der Waals surface area contributed by atoms with Crippen molar-refractivity contribution in [2.75, 3.05) is 11.9 Å². The highest BCUT2D eigenvalue weighted by atomic mass is 19.1. The topological polar surface area (TPSA) is 71.3 Å². The highest BCUT2D eigenvalue weighted by molar-refractivity contribution is 5.84. The van der Waals surface area contributed by atoms with E-state index in [4.69, 9.17) is 4.42 Å². The standard InChI is InChI=1S/C17H20F2N4O2/c1-10-8-17(3,19)9-23(10)15(24)11(2)20-16-22-21-14(25-16)12-4-6-13(18)7-5-12/h4-7,10-11H,8-9H2,1-3H3,(H,20,22)/t10-,11+,17+/m0/s1. The number of benzene rings is 1. The van der Waals surface area contributed by atoms with Gasteiger partial charge in [-0.25, -0.2) is 8.78 Å². The molecule has 1 aliphatic heterocycles. The minimum atomic E-state index is -1.37. The van der Waals surface area contributed by atoms with Crippen molar-refractivity contribution in [1.82, 2.24) is 15.1 Å². The number of rotatable bonds is 4. The van der Waals surface area contributed by atoms with Crippen LogP contribution in [0.5, 0.6) is 0 Å². The van der Waals surface area contributed by atoms with Gasteiger partial charge in [0.15, 0.2) is 0 Å². The summed E-state index contributed by atoms with van der Waals surface area (Å²) in [5, 5.41) is 10.6. The molecule has 0 radical (unpaired) electrons. The van der Waals surface area contributed by atoms with Crippen molar-refractivity contribution < 1.29 is 18.0 Å². The number of hydrogen-bond donors (Lipinski definition) is 1. The van der Waals surface area contributed by atoms with Crippen molar-refractivity contribution in [2.45, 2.75) is 44.9 Å². The summed E-state index contributed by atoms with van der Waals surface area (Å²) in [4.78, 5) is 14.1. The normalized spacial score (nSPS) is 24.4. The van der Waals surface area contributed by atoms with E-state index in [2.05, 4.69) is 15.5 Å². The number of nitrogens with zero attached hydrogens (tertiary/aromatic N) is 3. The third kappa shape index (κ3) is 3.78. The van der Waals surface area contributed by atoms with E-state index in [1.54, 1.807) is 6.92 Å². The lowest BCUT2D eigenvalue weighted by atomic mass is 10.1. The number of amides is 1. The lowest BCUT2D eigenvalue weighted by Crippen LogP contribution is -2.44. The maximum absolute atomic E-state index is 14.1. The summed E-state index contributed by atoms with van der Waals surface area (Å²) >= 11 is 0. The first kappa shape index (κ1) is 17.3. The van der Waals surface area contributed by atoms with E-state index in [9.17, 15) is 13.6 Å². The van der Waals surface area contributed by atoms with Gasteiger partial charge in [0.25, 0.3) is 0 Å². The quantitative estimate of drug-likeness (QED) is 0.918. The van der Waals surface area contributed by atoms with Crippen LogP contribution in [0.15, 0.2) is 28.7 Å². The molecule has 0 unspecified atom stereocenters. The highest BCUT2D eigenvalue weighted by Gasteiger charge is 2.42.